The van der Waals surface area contributed by atoms with Crippen LogP contribution in [0.1, 0.15) is 56.1 Å². The molecule has 0 aliphatic heterocycles. The van der Waals surface area contributed by atoms with Gasteiger partial charge in [0.1, 0.15) is 5.75 Å². The van der Waals surface area contributed by atoms with Gasteiger partial charge in [0.2, 0.25) is 6.10 Å². The number of carboxylic acid groups (broad SMARTS) is 1. The molecule has 0 unspecified atom stereocenters. The van der Waals surface area contributed by atoms with Gasteiger partial charge in [-0.3, -0.25) is 4.79 Å². The Kier molecular flexibility index (Phi) is 9.77. The van der Waals surface area contributed by atoms with Crippen molar-refractivity contribution < 1.29 is 24.2 Å². The Morgan fingerprint density at radius 1 is 0.974 bits per heavy atom. The molecule has 7 heteroatoms. The van der Waals surface area contributed by atoms with Gasteiger partial charge in [-0.15, -0.1) is 0 Å². The lowest BCUT2D eigenvalue weighted by Gasteiger charge is -2.55. The van der Waals surface area contributed by atoms with Gasteiger partial charge in [-0.1, -0.05) is 42.5 Å². The van der Waals surface area contributed by atoms with Gasteiger partial charge in [-0.05, 0) is 92.4 Å². The van der Waals surface area contributed by atoms with Crippen molar-refractivity contribution in [2.24, 2.45) is 29.4 Å². The normalized spacial score (nSPS) is 26.6. The van der Waals surface area contributed by atoms with E-state index in [1.165, 1.54) is 38.5 Å². The smallest absolute Gasteiger partial charge is 0.345 e. The first kappa shape index (κ1) is 28.5. The second-order valence-corrected chi connectivity index (χ2v) is 11.9. The first-order valence-electron chi connectivity index (χ1n) is 13.8. The van der Waals surface area contributed by atoms with Crippen LogP contribution in [-0.2, 0) is 27.2 Å². The molecule has 3 N–H and O–H groups in total. The molecule has 4 aliphatic carbocycles. The van der Waals surface area contributed by atoms with Gasteiger partial charge < -0.3 is 20.3 Å². The van der Waals surface area contributed by atoms with Gasteiger partial charge in [-0.25, -0.2) is 4.79 Å². The topological polar surface area (TPSA) is 98.8 Å². The average molecular weight is 540 g/mol. The van der Waals surface area contributed by atoms with Gasteiger partial charge in [0.05, 0.1) is 13.0 Å². The van der Waals surface area contributed by atoms with Crippen molar-refractivity contribution in [2.45, 2.75) is 69.4 Å². The van der Waals surface area contributed by atoms with E-state index in [0.29, 0.717) is 24.1 Å². The summed E-state index contributed by atoms with van der Waals surface area (Å²) in [5.74, 6) is 1.99. The summed E-state index contributed by atoms with van der Waals surface area (Å²) in [5.41, 5.74) is 8.49. The van der Waals surface area contributed by atoms with Crippen molar-refractivity contribution >= 4 is 24.6 Å². The molecule has 4 fully saturated rings. The first-order valence-corrected chi connectivity index (χ1v) is 14.4. The van der Waals surface area contributed by atoms with Crippen LogP contribution in [0.3, 0.4) is 0 Å². The number of rotatable bonds is 10. The number of aryl methyl sites for hydroxylation is 1. The predicted octanol–water partition coefficient (Wildman–Crippen LogP) is 5.33. The van der Waals surface area contributed by atoms with Crippen LogP contribution < -0.4 is 10.5 Å². The number of methoxy groups -OCH3 is 1. The van der Waals surface area contributed by atoms with Crippen LogP contribution in [0.5, 0.6) is 5.75 Å². The highest BCUT2D eigenvalue weighted by molar-refractivity contribution is 7.80. The van der Waals surface area contributed by atoms with E-state index >= 15 is 0 Å². The van der Waals surface area contributed by atoms with Gasteiger partial charge in [-0.2, -0.15) is 12.6 Å². The second-order valence-electron chi connectivity index (χ2n) is 11.5. The number of nitrogens with two attached hydrogens (primary N) is 1. The van der Waals surface area contributed by atoms with Gasteiger partial charge in [0, 0.05) is 17.7 Å². The number of hydrogen-bond donors (Lipinski definition) is 3. The molecule has 38 heavy (non-hydrogen) atoms. The molecule has 4 bridgehead atoms. The Labute approximate surface area is 231 Å². The zero-order chi connectivity index (χ0) is 27.1. The van der Waals surface area contributed by atoms with Crippen molar-refractivity contribution in [3.63, 3.8) is 0 Å². The highest BCUT2D eigenvalue weighted by atomic mass is 32.1. The molecule has 4 aliphatic rings. The summed E-state index contributed by atoms with van der Waals surface area (Å²) in [7, 11) is 1.61. The SMILES string of the molecule is COc1ccc(CC[C@H](CS)C(=O)O[C@@H](Cc2ccccc2)C(=O)O)cc1.NC12CC3CC(CC(C3)C1)C2. The Hall–Kier alpha value is -2.51. The maximum atomic E-state index is 12.4. The lowest BCUT2D eigenvalue weighted by Crippen LogP contribution is -2.55. The summed E-state index contributed by atoms with van der Waals surface area (Å²) >= 11 is 4.24. The van der Waals surface area contributed by atoms with Crippen LogP contribution in [0.15, 0.2) is 54.6 Å². The number of hydrogen-bond acceptors (Lipinski definition) is 6. The van der Waals surface area contributed by atoms with Crippen molar-refractivity contribution in [3.05, 3.63) is 65.7 Å². The predicted molar refractivity (Wildman–Crippen MR) is 151 cm³/mol. The summed E-state index contributed by atoms with van der Waals surface area (Å²) in [6.45, 7) is 0. The molecule has 0 aromatic heterocycles. The summed E-state index contributed by atoms with van der Waals surface area (Å²) in [5, 5.41) is 9.39. The zero-order valence-electron chi connectivity index (χ0n) is 22.3. The minimum Gasteiger partial charge on any atom is -0.497 e. The third kappa shape index (κ3) is 7.76. The summed E-state index contributed by atoms with van der Waals surface area (Å²) in [6, 6.07) is 16.7. The van der Waals surface area contributed by atoms with E-state index in [-0.39, 0.29) is 6.42 Å². The van der Waals surface area contributed by atoms with E-state index in [1.54, 1.807) is 7.11 Å². The standard InChI is InChI=1S/C21H24O5S.C10H17N/c1-25-18-11-8-15(9-12-18)7-10-17(14-27)21(24)26-19(20(22)23)13-16-5-3-2-4-6-16;11-10-4-7-1-8(5-10)3-9(2-7)6-10/h2-6,8-9,11-12,17,19,27H,7,10,13-14H2,1H3,(H,22,23);7-9H,1-6,11H2/t17-,19+;/m1./s1. The van der Waals surface area contributed by atoms with E-state index in [4.69, 9.17) is 15.2 Å². The lowest BCUT2D eigenvalue weighted by atomic mass is 9.53. The summed E-state index contributed by atoms with van der Waals surface area (Å²) in [6.07, 6.45) is 8.70. The summed E-state index contributed by atoms with van der Waals surface area (Å²) < 4.78 is 10.4. The maximum Gasteiger partial charge on any atom is 0.345 e. The Bertz CT molecular complexity index is 1020. The molecular weight excluding hydrogens is 498 g/mol. The summed E-state index contributed by atoms with van der Waals surface area (Å²) in [4.78, 5) is 23.9. The molecule has 4 saturated carbocycles. The number of benzene rings is 2. The maximum absolute atomic E-state index is 12.4. The fourth-order valence-electron chi connectivity index (χ4n) is 6.84. The van der Waals surface area contributed by atoms with E-state index in [9.17, 15) is 14.7 Å². The number of esters is 1. The number of carboxylic acids is 1. The van der Waals surface area contributed by atoms with Gasteiger partial charge in [0.15, 0.2) is 0 Å². The van der Waals surface area contributed by atoms with Gasteiger partial charge in [0.25, 0.3) is 0 Å². The highest BCUT2D eigenvalue weighted by Gasteiger charge is 2.48. The van der Waals surface area contributed by atoms with E-state index in [1.807, 2.05) is 54.6 Å². The van der Waals surface area contributed by atoms with Crippen LogP contribution in [0.25, 0.3) is 0 Å². The number of thiol groups is 1. The third-order valence-corrected chi connectivity index (χ3v) is 8.82. The molecule has 2 atom stereocenters. The Morgan fingerprint density at radius 2 is 1.55 bits per heavy atom. The van der Waals surface area contributed by atoms with Crippen molar-refractivity contribution in [3.8, 4) is 5.75 Å². The molecule has 0 spiro atoms. The molecule has 0 saturated heterocycles. The van der Waals surface area contributed by atoms with E-state index < -0.39 is 24.0 Å². The number of aliphatic carboxylic acids is 1. The molecule has 206 valence electrons. The molecular formula is C31H41NO5S. The molecule has 0 radical (unpaired) electrons. The minimum absolute atomic E-state index is 0.139. The number of carbonyl (C=O) groups excluding carboxylic acids is 1. The third-order valence-electron chi connectivity index (χ3n) is 8.38. The van der Waals surface area contributed by atoms with E-state index in [2.05, 4.69) is 12.6 Å². The quantitative estimate of drug-likeness (QED) is 0.279. The average Bonchev–Trinajstić information content (AvgIpc) is 2.88. The van der Waals surface area contributed by atoms with Crippen LogP contribution in [-0.4, -0.2) is 41.6 Å². The molecule has 2 aromatic carbocycles. The van der Waals surface area contributed by atoms with Crippen LogP contribution in [0.4, 0.5) is 0 Å². The minimum atomic E-state index is -1.21. The molecule has 6 nitrogen and oxygen atoms in total. The molecule has 0 amide bonds. The Morgan fingerprint density at radius 3 is 2.03 bits per heavy atom. The largest absolute Gasteiger partial charge is 0.497 e. The first-order chi connectivity index (χ1) is 18.3. The highest BCUT2D eigenvalue weighted by Crippen LogP contribution is 2.54. The Balaban J connectivity index is 0.000000248. The number of ether oxygens (including phenoxy) is 2. The van der Waals surface area contributed by atoms with Crippen molar-refractivity contribution in [1.29, 1.82) is 0 Å². The molecule has 6 rings (SSSR count). The molecule has 2 aromatic rings. The van der Waals surface area contributed by atoms with Crippen LogP contribution in [0, 0.1) is 23.7 Å². The number of carbonyl (C=O) groups is 2. The van der Waals surface area contributed by atoms with Crippen LogP contribution in [0.2, 0.25) is 0 Å². The van der Waals surface area contributed by atoms with Crippen molar-refractivity contribution in [1.82, 2.24) is 0 Å². The fourth-order valence-corrected chi connectivity index (χ4v) is 7.17. The van der Waals surface area contributed by atoms with Gasteiger partial charge >= 0.3 is 11.9 Å². The lowest BCUT2D eigenvalue weighted by molar-refractivity contribution is -0.166. The second kappa shape index (κ2) is 13.0. The van der Waals surface area contributed by atoms with Crippen LogP contribution >= 0.6 is 12.6 Å². The fraction of sp³-hybridized carbons (Fsp3) is 0.548. The van der Waals surface area contributed by atoms with Crippen molar-refractivity contribution in [2.75, 3.05) is 12.9 Å². The van der Waals surface area contributed by atoms with E-state index in [0.717, 1.165) is 34.6 Å². The molecule has 0 heterocycles. The monoisotopic (exact) mass is 539 g/mol. The zero-order valence-corrected chi connectivity index (χ0v) is 23.2.